The van der Waals surface area contributed by atoms with Crippen molar-refractivity contribution < 1.29 is 14.6 Å². The summed E-state index contributed by atoms with van der Waals surface area (Å²) in [6.07, 6.45) is 3.11. The number of hydrogen-bond acceptors (Lipinski definition) is 4. The summed E-state index contributed by atoms with van der Waals surface area (Å²) in [5.41, 5.74) is 1.01. The van der Waals surface area contributed by atoms with Gasteiger partial charge >= 0.3 is 5.97 Å². The summed E-state index contributed by atoms with van der Waals surface area (Å²) in [6.45, 7) is 5.94. The Kier molecular flexibility index (Phi) is 4.33. The maximum atomic E-state index is 11.8. The Morgan fingerprint density at radius 2 is 2.33 bits per heavy atom. The van der Waals surface area contributed by atoms with Crippen molar-refractivity contribution in [1.29, 1.82) is 0 Å². The molecule has 3 heterocycles. The third-order valence-corrected chi connectivity index (χ3v) is 5.73. The molecular weight excluding hydrogens is 286 g/mol. The zero-order valence-electron chi connectivity index (χ0n) is 12.6. The summed E-state index contributed by atoms with van der Waals surface area (Å²) in [7, 11) is 0. The van der Waals surface area contributed by atoms with Crippen molar-refractivity contribution in [2.75, 3.05) is 13.2 Å². The van der Waals surface area contributed by atoms with Crippen LogP contribution >= 0.6 is 11.3 Å². The smallest absolute Gasteiger partial charge is 0.325 e. The third-order valence-electron chi connectivity index (χ3n) is 4.74. The maximum Gasteiger partial charge on any atom is 0.325 e. The lowest BCUT2D eigenvalue weighted by Gasteiger charge is -2.43. The molecule has 3 rings (SSSR count). The van der Waals surface area contributed by atoms with Crippen molar-refractivity contribution in [3.05, 3.63) is 21.9 Å². The number of carboxylic acids is 1. The fourth-order valence-electron chi connectivity index (χ4n) is 3.58. The van der Waals surface area contributed by atoms with Crippen molar-refractivity contribution >= 4 is 17.3 Å². The van der Waals surface area contributed by atoms with Gasteiger partial charge in [-0.2, -0.15) is 0 Å². The van der Waals surface area contributed by atoms with Crippen LogP contribution in [0.3, 0.4) is 0 Å². The highest BCUT2D eigenvalue weighted by molar-refractivity contribution is 7.10. The van der Waals surface area contributed by atoms with Crippen LogP contribution in [0.2, 0.25) is 0 Å². The van der Waals surface area contributed by atoms with E-state index in [4.69, 9.17) is 4.74 Å². The Balaban J connectivity index is 1.82. The van der Waals surface area contributed by atoms with Crippen LogP contribution in [0.4, 0.5) is 0 Å². The molecule has 0 radical (unpaired) electrons. The number of nitrogens with zero attached hydrogens (tertiary/aromatic N) is 1. The van der Waals surface area contributed by atoms with E-state index in [0.29, 0.717) is 12.0 Å². The SMILES string of the molecule is CC(C)C1CC(N2CCc3sccc3C2C(=O)O)CCO1. The first-order valence-corrected chi connectivity index (χ1v) is 8.62. The first-order chi connectivity index (χ1) is 10.1. The minimum absolute atomic E-state index is 0.252. The zero-order valence-corrected chi connectivity index (χ0v) is 13.4. The molecule has 116 valence electrons. The molecule has 0 bridgehead atoms. The molecule has 0 saturated carbocycles. The van der Waals surface area contributed by atoms with Crippen LogP contribution in [0.5, 0.6) is 0 Å². The largest absolute Gasteiger partial charge is 0.480 e. The predicted molar refractivity (Wildman–Crippen MR) is 82.7 cm³/mol. The summed E-state index contributed by atoms with van der Waals surface area (Å²) in [5.74, 6) is -0.237. The minimum Gasteiger partial charge on any atom is -0.480 e. The number of carboxylic acid groups (broad SMARTS) is 1. The molecule has 3 unspecified atom stereocenters. The van der Waals surface area contributed by atoms with Gasteiger partial charge in [-0.1, -0.05) is 13.8 Å². The van der Waals surface area contributed by atoms with Crippen LogP contribution in [0.1, 0.15) is 43.2 Å². The Bertz CT molecular complexity index is 513. The lowest BCUT2D eigenvalue weighted by atomic mass is 9.90. The molecule has 2 aliphatic rings. The van der Waals surface area contributed by atoms with E-state index in [0.717, 1.165) is 38.0 Å². The standard InChI is InChI=1S/C16H23NO3S/c1-10(2)13-9-11(4-7-20-13)17-6-3-14-12(5-8-21-14)15(17)16(18)19/h5,8,10-11,13,15H,3-4,6-7,9H2,1-2H3,(H,18,19). The van der Waals surface area contributed by atoms with Gasteiger partial charge in [0.1, 0.15) is 6.04 Å². The van der Waals surface area contributed by atoms with E-state index in [9.17, 15) is 9.90 Å². The van der Waals surface area contributed by atoms with Gasteiger partial charge < -0.3 is 9.84 Å². The second-order valence-corrected chi connectivity index (χ2v) is 7.36. The van der Waals surface area contributed by atoms with Crippen molar-refractivity contribution in [3.63, 3.8) is 0 Å². The first-order valence-electron chi connectivity index (χ1n) is 7.74. The molecule has 1 N–H and O–H groups in total. The highest BCUT2D eigenvalue weighted by Crippen LogP contribution is 2.37. The molecule has 21 heavy (non-hydrogen) atoms. The van der Waals surface area contributed by atoms with E-state index in [-0.39, 0.29) is 6.10 Å². The molecule has 1 aromatic heterocycles. The van der Waals surface area contributed by atoms with E-state index in [1.165, 1.54) is 4.88 Å². The topological polar surface area (TPSA) is 49.8 Å². The molecule has 3 atom stereocenters. The van der Waals surface area contributed by atoms with Crippen molar-refractivity contribution in [1.82, 2.24) is 4.90 Å². The lowest BCUT2D eigenvalue weighted by Crippen LogP contribution is -2.49. The second kappa shape index (κ2) is 6.07. The van der Waals surface area contributed by atoms with E-state index in [1.54, 1.807) is 11.3 Å². The second-order valence-electron chi connectivity index (χ2n) is 6.36. The molecule has 2 aliphatic heterocycles. The predicted octanol–water partition coefficient (Wildman–Crippen LogP) is 2.94. The molecule has 0 aromatic carbocycles. The maximum absolute atomic E-state index is 11.8. The van der Waals surface area contributed by atoms with Crippen LogP contribution in [0.25, 0.3) is 0 Å². The van der Waals surface area contributed by atoms with Gasteiger partial charge in [-0.25, -0.2) is 0 Å². The molecule has 0 spiro atoms. The van der Waals surface area contributed by atoms with Crippen LogP contribution in [0.15, 0.2) is 11.4 Å². The van der Waals surface area contributed by atoms with E-state index < -0.39 is 12.0 Å². The minimum atomic E-state index is -0.720. The van der Waals surface area contributed by atoms with Gasteiger partial charge in [-0.15, -0.1) is 11.3 Å². The van der Waals surface area contributed by atoms with Gasteiger partial charge in [0.2, 0.25) is 0 Å². The number of thiophene rings is 1. The van der Waals surface area contributed by atoms with E-state index in [2.05, 4.69) is 18.7 Å². The number of ether oxygens (including phenoxy) is 1. The molecule has 0 amide bonds. The number of hydrogen-bond donors (Lipinski definition) is 1. The highest BCUT2D eigenvalue weighted by Gasteiger charge is 2.39. The first kappa shape index (κ1) is 15.0. The highest BCUT2D eigenvalue weighted by atomic mass is 32.1. The average molecular weight is 309 g/mol. The molecular formula is C16H23NO3S. The number of rotatable bonds is 3. The lowest BCUT2D eigenvalue weighted by molar-refractivity contribution is -0.147. The average Bonchev–Trinajstić information content (AvgIpc) is 2.94. The fraction of sp³-hybridized carbons (Fsp3) is 0.688. The zero-order chi connectivity index (χ0) is 15.0. The Hall–Kier alpha value is -0.910. The van der Waals surface area contributed by atoms with Crippen molar-refractivity contribution in [3.8, 4) is 0 Å². The third kappa shape index (κ3) is 2.87. The Labute approximate surface area is 129 Å². The van der Waals surface area contributed by atoms with Gasteiger partial charge in [-0.3, -0.25) is 9.69 Å². The van der Waals surface area contributed by atoms with Gasteiger partial charge in [0, 0.05) is 24.1 Å². The number of fused-ring (bicyclic) bond motifs is 1. The van der Waals surface area contributed by atoms with Gasteiger partial charge in [-0.05, 0) is 42.2 Å². The van der Waals surface area contributed by atoms with Crippen molar-refractivity contribution in [2.24, 2.45) is 5.92 Å². The van der Waals surface area contributed by atoms with Gasteiger partial charge in [0.15, 0.2) is 0 Å². The summed E-state index contributed by atoms with van der Waals surface area (Å²) in [6, 6.07) is 1.83. The monoisotopic (exact) mass is 309 g/mol. The van der Waals surface area contributed by atoms with Gasteiger partial charge in [0.25, 0.3) is 0 Å². The summed E-state index contributed by atoms with van der Waals surface area (Å²) >= 11 is 1.69. The molecule has 4 nitrogen and oxygen atoms in total. The quantitative estimate of drug-likeness (QED) is 0.932. The van der Waals surface area contributed by atoms with Crippen LogP contribution < -0.4 is 0 Å². The number of carbonyl (C=O) groups is 1. The molecule has 1 aromatic rings. The Morgan fingerprint density at radius 1 is 1.52 bits per heavy atom. The van der Waals surface area contributed by atoms with Crippen molar-refractivity contribution in [2.45, 2.75) is 51.3 Å². The summed E-state index contributed by atoms with van der Waals surface area (Å²) in [4.78, 5) is 15.3. The summed E-state index contributed by atoms with van der Waals surface area (Å²) < 4.78 is 5.84. The van der Waals surface area contributed by atoms with Gasteiger partial charge in [0.05, 0.1) is 6.10 Å². The molecule has 1 saturated heterocycles. The molecule has 5 heteroatoms. The molecule has 1 fully saturated rings. The molecule has 0 aliphatic carbocycles. The van der Waals surface area contributed by atoms with Crippen LogP contribution in [-0.4, -0.2) is 41.3 Å². The fourth-order valence-corrected chi connectivity index (χ4v) is 4.48. The van der Waals surface area contributed by atoms with E-state index >= 15 is 0 Å². The van der Waals surface area contributed by atoms with Crippen LogP contribution in [-0.2, 0) is 16.0 Å². The number of aliphatic carboxylic acids is 1. The van der Waals surface area contributed by atoms with Crippen LogP contribution in [0, 0.1) is 5.92 Å². The normalized spacial score (nSPS) is 30.3. The Morgan fingerprint density at radius 3 is 3.05 bits per heavy atom. The van der Waals surface area contributed by atoms with E-state index in [1.807, 2.05) is 11.4 Å². The summed E-state index contributed by atoms with van der Waals surface area (Å²) in [5, 5.41) is 11.7.